The van der Waals surface area contributed by atoms with Crippen LogP contribution in [0, 0.1) is 17.8 Å². The van der Waals surface area contributed by atoms with E-state index < -0.39 is 0 Å². The van der Waals surface area contributed by atoms with E-state index in [2.05, 4.69) is 31.0 Å². The molecule has 0 aliphatic heterocycles. The Morgan fingerprint density at radius 3 is 2.67 bits per heavy atom. The van der Waals surface area contributed by atoms with E-state index in [4.69, 9.17) is 21.9 Å². The lowest BCUT2D eigenvalue weighted by molar-refractivity contribution is 0.407. The maximum Gasteiger partial charge on any atom is 0.274 e. The van der Waals surface area contributed by atoms with Crippen LogP contribution < -0.4 is 10.3 Å². The van der Waals surface area contributed by atoms with Gasteiger partial charge in [0, 0.05) is 29.4 Å². The summed E-state index contributed by atoms with van der Waals surface area (Å²) in [6.45, 7) is 4.49. The Hall–Kier alpha value is -3.27. The topological polar surface area (TPSA) is 61.9 Å². The molecule has 0 N–H and O–H groups in total. The molecule has 2 aromatic carbocycles. The molecule has 5 aromatic rings. The van der Waals surface area contributed by atoms with E-state index in [9.17, 15) is 4.79 Å². The number of thiazole rings is 1. The predicted molar refractivity (Wildman–Crippen MR) is 149 cm³/mol. The average Bonchev–Trinajstić information content (AvgIpc) is 3.23. The predicted octanol–water partition coefficient (Wildman–Crippen LogP) is 6.34. The molecule has 0 fully saturated rings. The molecule has 0 spiro atoms. The zero-order valence-corrected chi connectivity index (χ0v) is 22.5. The van der Waals surface area contributed by atoms with Crippen LogP contribution in [-0.2, 0) is 12.3 Å². The fourth-order valence-corrected chi connectivity index (χ4v) is 6.19. The third-order valence-electron chi connectivity index (χ3n) is 6.02. The van der Waals surface area contributed by atoms with Crippen LogP contribution in [0.1, 0.15) is 22.3 Å². The van der Waals surface area contributed by atoms with Crippen molar-refractivity contribution < 1.29 is 4.74 Å². The molecular formula is C27H24N4O2S3. The number of para-hydroxylation sites is 1. The maximum absolute atomic E-state index is 13.9. The van der Waals surface area contributed by atoms with Crippen molar-refractivity contribution in [2.75, 3.05) is 7.11 Å². The minimum absolute atomic E-state index is 0.113. The van der Waals surface area contributed by atoms with Crippen LogP contribution in [0.15, 0.2) is 76.9 Å². The van der Waals surface area contributed by atoms with Gasteiger partial charge in [-0.15, -0.1) is 0 Å². The number of ether oxygens (including phenoxy) is 1. The third kappa shape index (κ3) is 4.74. The molecule has 0 bridgehead atoms. The second-order valence-electron chi connectivity index (χ2n) is 8.37. The largest absolute Gasteiger partial charge is 0.496 e. The number of methoxy groups -OCH3 is 1. The molecule has 5 rings (SSSR count). The summed E-state index contributed by atoms with van der Waals surface area (Å²) < 4.78 is 10.3. The summed E-state index contributed by atoms with van der Waals surface area (Å²) in [5.74, 6) is 1.36. The van der Waals surface area contributed by atoms with Crippen molar-refractivity contribution in [2.45, 2.75) is 31.3 Å². The number of hydrogen-bond donors (Lipinski definition) is 0. The van der Waals surface area contributed by atoms with Crippen molar-refractivity contribution in [1.29, 1.82) is 0 Å². The lowest BCUT2D eigenvalue weighted by Gasteiger charge is -2.15. The Bertz CT molecular complexity index is 1670. The van der Waals surface area contributed by atoms with E-state index in [-0.39, 0.29) is 5.56 Å². The summed E-state index contributed by atoms with van der Waals surface area (Å²) in [6.07, 6.45) is 3.58. The van der Waals surface area contributed by atoms with E-state index in [1.54, 1.807) is 17.9 Å². The van der Waals surface area contributed by atoms with Gasteiger partial charge < -0.3 is 4.74 Å². The smallest absolute Gasteiger partial charge is 0.274 e. The van der Waals surface area contributed by atoms with Crippen molar-refractivity contribution in [3.63, 3.8) is 0 Å². The van der Waals surface area contributed by atoms with Gasteiger partial charge in [0.05, 0.1) is 13.7 Å². The highest BCUT2D eigenvalue weighted by atomic mass is 32.2. The zero-order valence-electron chi connectivity index (χ0n) is 20.1. The molecule has 0 radical (unpaired) electrons. The molecule has 9 heteroatoms. The number of aryl methyl sites for hydroxylation is 2. The highest BCUT2D eigenvalue weighted by Gasteiger charge is 2.19. The fourth-order valence-electron chi connectivity index (χ4n) is 3.94. The van der Waals surface area contributed by atoms with Crippen LogP contribution in [0.25, 0.3) is 16.0 Å². The molecule has 0 saturated heterocycles. The molecule has 0 saturated carbocycles. The van der Waals surface area contributed by atoms with Crippen LogP contribution in [0.2, 0.25) is 0 Å². The lowest BCUT2D eigenvalue weighted by atomic mass is 10.1. The first-order chi connectivity index (χ1) is 17.5. The first-order valence-electron chi connectivity index (χ1n) is 11.3. The van der Waals surface area contributed by atoms with Crippen molar-refractivity contribution in [3.05, 3.63) is 104 Å². The maximum atomic E-state index is 13.9. The van der Waals surface area contributed by atoms with Gasteiger partial charge in [0.15, 0.2) is 14.8 Å². The zero-order chi connectivity index (χ0) is 25.2. The van der Waals surface area contributed by atoms with Gasteiger partial charge >= 0.3 is 0 Å². The molecule has 6 nitrogen and oxygen atoms in total. The van der Waals surface area contributed by atoms with E-state index in [0.29, 0.717) is 31.8 Å². The van der Waals surface area contributed by atoms with Crippen LogP contribution >= 0.6 is 35.3 Å². The lowest BCUT2D eigenvalue weighted by Crippen LogP contribution is -2.24. The number of fused-ring (bicyclic) bond motifs is 1. The van der Waals surface area contributed by atoms with Crippen molar-refractivity contribution in [3.8, 4) is 11.4 Å². The summed E-state index contributed by atoms with van der Waals surface area (Å²) in [5.41, 5.74) is 5.70. The first kappa shape index (κ1) is 24.4. The Labute approximate surface area is 222 Å². The minimum atomic E-state index is -0.113. The average molecular weight is 533 g/mol. The molecule has 0 unspecified atom stereocenters. The number of benzene rings is 2. The van der Waals surface area contributed by atoms with Gasteiger partial charge in [0.25, 0.3) is 5.56 Å². The number of pyridine rings is 1. The Kier molecular flexibility index (Phi) is 7.04. The van der Waals surface area contributed by atoms with Crippen LogP contribution in [-0.4, -0.2) is 26.2 Å². The molecular weight excluding hydrogens is 509 g/mol. The third-order valence-corrected chi connectivity index (χ3v) is 8.42. The second-order valence-corrected chi connectivity index (χ2v) is 11.0. The molecule has 3 heterocycles. The normalized spacial score (nSPS) is 11.2. The van der Waals surface area contributed by atoms with E-state index in [0.717, 1.165) is 28.1 Å². The van der Waals surface area contributed by atoms with Crippen LogP contribution in [0.5, 0.6) is 5.75 Å². The number of nitrogens with zero attached hydrogens (tertiary/aromatic N) is 4. The molecule has 0 atom stereocenters. The summed E-state index contributed by atoms with van der Waals surface area (Å²) >= 11 is 8.53. The van der Waals surface area contributed by atoms with Crippen molar-refractivity contribution in [2.24, 2.45) is 0 Å². The quantitative estimate of drug-likeness (QED) is 0.138. The van der Waals surface area contributed by atoms with Gasteiger partial charge in [-0.2, -0.15) is 0 Å². The monoisotopic (exact) mass is 532 g/mol. The van der Waals surface area contributed by atoms with Gasteiger partial charge in [-0.25, -0.2) is 4.98 Å². The van der Waals surface area contributed by atoms with Gasteiger partial charge in [0.1, 0.15) is 10.4 Å². The molecule has 182 valence electrons. The van der Waals surface area contributed by atoms with Crippen LogP contribution in [0.4, 0.5) is 0 Å². The molecule has 0 amide bonds. The van der Waals surface area contributed by atoms with Crippen LogP contribution in [0.3, 0.4) is 0 Å². The second kappa shape index (κ2) is 10.4. The van der Waals surface area contributed by atoms with E-state index in [1.807, 2.05) is 53.2 Å². The van der Waals surface area contributed by atoms with E-state index in [1.165, 1.54) is 28.7 Å². The summed E-state index contributed by atoms with van der Waals surface area (Å²) in [7, 11) is 1.64. The van der Waals surface area contributed by atoms with Gasteiger partial charge in [-0.1, -0.05) is 53.4 Å². The highest BCUT2D eigenvalue weighted by Crippen LogP contribution is 2.29. The molecule has 0 aliphatic carbocycles. The molecule has 3 aromatic heterocycles. The Morgan fingerprint density at radius 1 is 1.08 bits per heavy atom. The summed E-state index contributed by atoms with van der Waals surface area (Å²) in [5, 5.41) is 0.618. The Balaban J connectivity index is 1.69. The number of hydrogen-bond acceptors (Lipinski definition) is 7. The summed E-state index contributed by atoms with van der Waals surface area (Å²) in [4.78, 5) is 23.1. The number of rotatable bonds is 7. The number of aromatic nitrogens is 4. The molecule has 36 heavy (non-hydrogen) atoms. The summed E-state index contributed by atoms with van der Waals surface area (Å²) in [6, 6.07) is 17.8. The molecule has 0 aliphatic rings. The van der Waals surface area contributed by atoms with Crippen molar-refractivity contribution in [1.82, 2.24) is 19.1 Å². The van der Waals surface area contributed by atoms with Crippen molar-refractivity contribution >= 4 is 45.7 Å². The fraction of sp³-hybridized carbons (Fsp3) is 0.185. The Morgan fingerprint density at radius 2 is 1.92 bits per heavy atom. The van der Waals surface area contributed by atoms with Gasteiger partial charge in [0.2, 0.25) is 0 Å². The first-order valence-corrected chi connectivity index (χ1v) is 13.5. The number of thioether (sulfide) groups is 1. The van der Waals surface area contributed by atoms with Gasteiger partial charge in [-0.3, -0.25) is 18.9 Å². The van der Waals surface area contributed by atoms with E-state index >= 15 is 0 Å². The standard InChI is InChI=1S/C27H24N4O2S3/c1-17-10-11-21(13-18(17)2)31-24-23(36-27(31)34)25(32)30(15-20-8-4-5-9-22(20)33-3)26(29-24)35-16-19-7-6-12-28-14-19/h4-14H,15-16H2,1-3H3. The van der Waals surface area contributed by atoms with Gasteiger partial charge in [-0.05, 0) is 67.0 Å². The minimum Gasteiger partial charge on any atom is -0.496 e. The SMILES string of the molecule is COc1ccccc1Cn1c(SCc2cccnc2)nc2c(sc(=S)n2-c2ccc(C)c(C)c2)c1=O. The highest BCUT2D eigenvalue weighted by molar-refractivity contribution is 7.98.